The topological polar surface area (TPSA) is 109 Å². The number of nitrogens with one attached hydrogen (secondary N) is 1. The third kappa shape index (κ3) is 6.70. The first-order chi connectivity index (χ1) is 16.4. The van der Waals surface area contributed by atoms with Gasteiger partial charge in [0.25, 0.3) is 5.91 Å². The first-order valence-electron chi connectivity index (χ1n) is 10.3. The fourth-order valence-corrected chi connectivity index (χ4v) is 3.45. The molecular weight excluding hydrogens is 500 g/mol. The molecule has 0 heterocycles. The minimum absolute atomic E-state index is 0.0482. The van der Waals surface area contributed by atoms with Crippen LogP contribution in [-0.4, -0.2) is 23.6 Å². The Balaban J connectivity index is 1.65. The standard InChI is InChI=1S/C26H21BrN2O5/c1-2-33-22-10-8-21(9-11-22)29-25(30)20(15-28)13-18-5-12-24(23(27)14-18)34-16-17-3-6-19(7-4-17)26(31)32/h3-14H,2,16H2,1H3,(H,29,30)(H,31,32)/b20-13-. The van der Waals surface area contributed by atoms with Crippen LogP contribution in [0.4, 0.5) is 5.69 Å². The van der Waals surface area contributed by atoms with Crippen molar-refractivity contribution in [3.05, 3.63) is 93.5 Å². The number of rotatable bonds is 9. The molecule has 0 fully saturated rings. The van der Waals surface area contributed by atoms with Crippen LogP contribution in [0.5, 0.6) is 11.5 Å². The number of carboxylic acid groups (broad SMARTS) is 1. The van der Waals surface area contributed by atoms with Crippen LogP contribution in [0.25, 0.3) is 6.08 Å². The lowest BCUT2D eigenvalue weighted by atomic mass is 10.1. The number of anilines is 1. The molecule has 1 amide bonds. The highest BCUT2D eigenvalue weighted by Crippen LogP contribution is 2.28. The largest absolute Gasteiger partial charge is 0.494 e. The first kappa shape index (κ1) is 24.6. The summed E-state index contributed by atoms with van der Waals surface area (Å²) in [6.07, 6.45) is 1.49. The lowest BCUT2D eigenvalue weighted by Gasteiger charge is -2.10. The molecule has 0 aliphatic heterocycles. The monoisotopic (exact) mass is 520 g/mol. The van der Waals surface area contributed by atoms with Crippen LogP contribution in [-0.2, 0) is 11.4 Å². The van der Waals surface area contributed by atoms with Crippen molar-refractivity contribution >= 4 is 39.6 Å². The maximum Gasteiger partial charge on any atom is 0.335 e. The van der Waals surface area contributed by atoms with Crippen molar-refractivity contribution in [3.63, 3.8) is 0 Å². The molecule has 0 aliphatic rings. The van der Waals surface area contributed by atoms with Crippen molar-refractivity contribution in [2.75, 3.05) is 11.9 Å². The molecule has 0 saturated carbocycles. The lowest BCUT2D eigenvalue weighted by Crippen LogP contribution is -2.13. The molecule has 0 radical (unpaired) electrons. The van der Waals surface area contributed by atoms with E-state index >= 15 is 0 Å². The Bertz CT molecular complexity index is 1250. The number of benzene rings is 3. The molecule has 0 saturated heterocycles. The third-order valence-corrected chi connectivity index (χ3v) is 5.27. The Kier molecular flexibility index (Phi) is 8.43. The van der Waals surface area contributed by atoms with E-state index in [0.29, 0.717) is 33.8 Å². The Hall–Kier alpha value is -4.09. The summed E-state index contributed by atoms with van der Waals surface area (Å²) in [7, 11) is 0. The highest BCUT2D eigenvalue weighted by Gasteiger charge is 2.11. The van der Waals surface area contributed by atoms with Gasteiger partial charge in [-0.1, -0.05) is 18.2 Å². The zero-order valence-corrected chi connectivity index (χ0v) is 19.8. The summed E-state index contributed by atoms with van der Waals surface area (Å²) in [6.45, 7) is 2.69. The van der Waals surface area contributed by atoms with E-state index in [-0.39, 0.29) is 17.7 Å². The van der Waals surface area contributed by atoms with Gasteiger partial charge in [-0.3, -0.25) is 4.79 Å². The van der Waals surface area contributed by atoms with Crippen molar-refractivity contribution in [2.45, 2.75) is 13.5 Å². The second kappa shape index (κ2) is 11.7. The summed E-state index contributed by atoms with van der Waals surface area (Å²) in [5, 5.41) is 21.1. The molecule has 0 aromatic heterocycles. The molecule has 7 nitrogen and oxygen atoms in total. The maximum atomic E-state index is 12.5. The molecule has 0 bridgehead atoms. The van der Waals surface area contributed by atoms with Crippen molar-refractivity contribution in [1.82, 2.24) is 0 Å². The smallest absolute Gasteiger partial charge is 0.335 e. The lowest BCUT2D eigenvalue weighted by molar-refractivity contribution is -0.112. The van der Waals surface area contributed by atoms with Crippen molar-refractivity contribution in [1.29, 1.82) is 5.26 Å². The molecule has 0 aliphatic carbocycles. The Morgan fingerprint density at radius 3 is 2.35 bits per heavy atom. The Morgan fingerprint density at radius 2 is 1.76 bits per heavy atom. The van der Waals surface area contributed by atoms with Gasteiger partial charge in [0.05, 0.1) is 16.6 Å². The van der Waals surface area contributed by atoms with Crippen LogP contribution in [0.1, 0.15) is 28.4 Å². The van der Waals surface area contributed by atoms with Crippen molar-refractivity contribution in [2.24, 2.45) is 0 Å². The fourth-order valence-electron chi connectivity index (χ4n) is 2.94. The number of hydrogen-bond donors (Lipinski definition) is 2. The van der Waals surface area contributed by atoms with E-state index in [4.69, 9.17) is 14.6 Å². The Labute approximate surface area is 205 Å². The first-order valence-corrected chi connectivity index (χ1v) is 11.1. The average molecular weight is 521 g/mol. The number of aromatic carboxylic acids is 1. The summed E-state index contributed by atoms with van der Waals surface area (Å²) < 4.78 is 11.8. The molecule has 34 heavy (non-hydrogen) atoms. The zero-order chi connectivity index (χ0) is 24.5. The minimum atomic E-state index is -0.983. The van der Waals surface area contributed by atoms with Gasteiger partial charge in [0.1, 0.15) is 29.7 Å². The number of amides is 1. The van der Waals surface area contributed by atoms with Crippen LogP contribution in [0.15, 0.2) is 76.8 Å². The van der Waals surface area contributed by atoms with Crippen LogP contribution >= 0.6 is 15.9 Å². The van der Waals surface area contributed by atoms with Gasteiger partial charge in [-0.2, -0.15) is 5.26 Å². The second-order valence-electron chi connectivity index (χ2n) is 7.06. The number of ether oxygens (including phenoxy) is 2. The van der Waals surface area contributed by atoms with E-state index in [1.54, 1.807) is 54.6 Å². The van der Waals surface area contributed by atoms with Gasteiger partial charge in [0.15, 0.2) is 0 Å². The second-order valence-corrected chi connectivity index (χ2v) is 7.92. The molecule has 3 rings (SSSR count). The van der Waals surface area contributed by atoms with Crippen molar-refractivity contribution < 1.29 is 24.2 Å². The number of carbonyl (C=O) groups is 2. The molecule has 2 N–H and O–H groups in total. The van der Waals surface area contributed by atoms with E-state index < -0.39 is 11.9 Å². The van der Waals surface area contributed by atoms with Gasteiger partial charge in [-0.05, 0) is 88.6 Å². The predicted molar refractivity (Wildman–Crippen MR) is 132 cm³/mol. The van der Waals surface area contributed by atoms with E-state index in [2.05, 4.69) is 21.2 Å². The summed E-state index contributed by atoms with van der Waals surface area (Å²) in [5.41, 5.74) is 2.17. The molecule has 3 aromatic rings. The van der Waals surface area contributed by atoms with Crippen LogP contribution in [0.3, 0.4) is 0 Å². The number of carboxylic acids is 1. The number of nitriles is 1. The van der Waals surface area contributed by atoms with Crippen molar-refractivity contribution in [3.8, 4) is 17.6 Å². The minimum Gasteiger partial charge on any atom is -0.494 e. The normalized spacial score (nSPS) is 10.8. The summed E-state index contributed by atoms with van der Waals surface area (Å²) in [4.78, 5) is 23.5. The van der Waals surface area contributed by atoms with Gasteiger partial charge in [-0.15, -0.1) is 0 Å². The van der Waals surface area contributed by atoms with Crippen LogP contribution < -0.4 is 14.8 Å². The summed E-state index contributed by atoms with van der Waals surface area (Å²) >= 11 is 3.45. The van der Waals surface area contributed by atoms with Gasteiger partial charge < -0.3 is 19.9 Å². The molecule has 8 heteroatoms. The number of hydrogen-bond acceptors (Lipinski definition) is 5. The predicted octanol–water partition coefficient (Wildman–Crippen LogP) is 5.67. The number of carbonyl (C=O) groups excluding carboxylic acids is 1. The number of halogens is 1. The highest BCUT2D eigenvalue weighted by atomic mass is 79.9. The summed E-state index contributed by atoms with van der Waals surface area (Å²) in [6, 6.07) is 20.4. The molecule has 0 atom stereocenters. The SMILES string of the molecule is CCOc1ccc(NC(=O)/C(C#N)=C\c2ccc(OCc3ccc(C(=O)O)cc3)c(Br)c2)cc1. The maximum absolute atomic E-state index is 12.5. The molecule has 0 unspecified atom stereocenters. The number of nitrogens with zero attached hydrogens (tertiary/aromatic N) is 1. The molecule has 172 valence electrons. The highest BCUT2D eigenvalue weighted by molar-refractivity contribution is 9.10. The quantitative estimate of drug-likeness (QED) is 0.278. The molecular formula is C26H21BrN2O5. The van der Waals surface area contributed by atoms with Gasteiger partial charge in [0, 0.05) is 5.69 Å². The van der Waals surface area contributed by atoms with Crippen LogP contribution in [0.2, 0.25) is 0 Å². The van der Waals surface area contributed by atoms with E-state index in [1.165, 1.54) is 18.2 Å². The summed E-state index contributed by atoms with van der Waals surface area (Å²) in [5.74, 6) is -0.241. The van der Waals surface area contributed by atoms with Gasteiger partial charge >= 0.3 is 5.97 Å². The van der Waals surface area contributed by atoms with E-state index in [1.807, 2.05) is 13.0 Å². The Morgan fingerprint density at radius 1 is 1.06 bits per heavy atom. The van der Waals surface area contributed by atoms with Gasteiger partial charge in [0.2, 0.25) is 0 Å². The molecule has 0 spiro atoms. The fraction of sp³-hybridized carbons (Fsp3) is 0.115. The van der Waals surface area contributed by atoms with E-state index in [9.17, 15) is 14.9 Å². The average Bonchev–Trinajstić information content (AvgIpc) is 2.83. The van der Waals surface area contributed by atoms with Gasteiger partial charge in [-0.25, -0.2) is 4.79 Å². The molecule has 3 aromatic carbocycles. The third-order valence-electron chi connectivity index (χ3n) is 4.65. The zero-order valence-electron chi connectivity index (χ0n) is 18.2. The van der Waals surface area contributed by atoms with Crippen LogP contribution in [0, 0.1) is 11.3 Å². The van der Waals surface area contributed by atoms with E-state index in [0.717, 1.165) is 5.56 Å².